The van der Waals surface area contributed by atoms with Crippen LogP contribution in [0.3, 0.4) is 0 Å². The predicted octanol–water partition coefficient (Wildman–Crippen LogP) is 2.78. The van der Waals surface area contributed by atoms with E-state index in [1.54, 1.807) is 0 Å². The van der Waals surface area contributed by atoms with E-state index in [0.29, 0.717) is 0 Å². The molecule has 2 rings (SSSR count). The maximum Gasteiger partial charge on any atom is 0.226 e. The Morgan fingerprint density at radius 2 is 1.73 bits per heavy atom. The number of hydrogen-bond donors (Lipinski definition) is 0. The molecule has 1 aliphatic carbocycles. The van der Waals surface area contributed by atoms with Crippen LogP contribution >= 0.6 is 0 Å². The summed E-state index contributed by atoms with van der Waals surface area (Å²) in [6, 6.07) is 0. The minimum Gasteiger partial charge on any atom is -0.342 e. The third-order valence-corrected chi connectivity index (χ3v) is 3.77. The Kier molecular flexibility index (Phi) is 4.04. The van der Waals surface area contributed by atoms with Crippen LogP contribution in [-0.2, 0) is 4.79 Å². The molecular formula is C13H22NO. The molecule has 1 heterocycles. The van der Waals surface area contributed by atoms with Gasteiger partial charge < -0.3 is 4.90 Å². The summed E-state index contributed by atoms with van der Waals surface area (Å²) in [7, 11) is 0. The summed E-state index contributed by atoms with van der Waals surface area (Å²) in [5, 5.41) is 0. The monoisotopic (exact) mass is 208 g/mol. The van der Waals surface area contributed by atoms with Crippen LogP contribution in [-0.4, -0.2) is 23.9 Å². The van der Waals surface area contributed by atoms with Crippen LogP contribution in [0.4, 0.5) is 0 Å². The van der Waals surface area contributed by atoms with E-state index in [1.807, 2.05) is 11.3 Å². The molecule has 0 spiro atoms. The number of rotatable bonds is 3. The van der Waals surface area contributed by atoms with E-state index in [4.69, 9.17) is 0 Å². The lowest BCUT2D eigenvalue weighted by Crippen LogP contribution is -2.28. The topological polar surface area (TPSA) is 20.3 Å². The second-order valence-electron chi connectivity index (χ2n) is 4.98. The van der Waals surface area contributed by atoms with Gasteiger partial charge in [0.05, 0.1) is 0 Å². The molecule has 0 bridgehead atoms. The summed E-state index contributed by atoms with van der Waals surface area (Å²) < 4.78 is 0. The average Bonchev–Trinajstić information content (AvgIpc) is 2.81. The van der Waals surface area contributed by atoms with Crippen LogP contribution in [0.2, 0.25) is 0 Å². The minimum atomic E-state index is 0.290. The van der Waals surface area contributed by atoms with E-state index in [9.17, 15) is 4.79 Å². The molecule has 0 atom stereocenters. The second-order valence-corrected chi connectivity index (χ2v) is 4.98. The molecular weight excluding hydrogens is 186 g/mol. The van der Waals surface area contributed by atoms with Crippen LogP contribution in [0.1, 0.15) is 51.4 Å². The zero-order valence-corrected chi connectivity index (χ0v) is 9.58. The van der Waals surface area contributed by atoms with E-state index < -0.39 is 0 Å². The van der Waals surface area contributed by atoms with Crippen molar-refractivity contribution in [2.24, 2.45) is 5.92 Å². The fourth-order valence-corrected chi connectivity index (χ4v) is 2.76. The van der Waals surface area contributed by atoms with E-state index in [-0.39, 0.29) is 5.91 Å². The first-order valence-corrected chi connectivity index (χ1v) is 6.48. The number of nitrogens with zero attached hydrogens (tertiary/aromatic N) is 1. The number of hydrogen-bond acceptors (Lipinski definition) is 1. The van der Waals surface area contributed by atoms with Gasteiger partial charge in [-0.2, -0.15) is 0 Å². The zero-order valence-electron chi connectivity index (χ0n) is 9.58. The normalized spacial score (nSPS) is 23.3. The van der Waals surface area contributed by atoms with Crippen molar-refractivity contribution in [3.8, 4) is 0 Å². The standard InChI is InChI=1S/C13H22NO/c15-13(14-10-4-5-11-14)9-8-12-6-2-1-3-7-12/h9,12H,1-8,10-11H2. The highest BCUT2D eigenvalue weighted by Crippen LogP contribution is 2.27. The van der Waals surface area contributed by atoms with Crippen LogP contribution < -0.4 is 0 Å². The summed E-state index contributed by atoms with van der Waals surface area (Å²) in [5.74, 6) is 1.09. The van der Waals surface area contributed by atoms with Crippen LogP contribution in [0.15, 0.2) is 0 Å². The van der Waals surface area contributed by atoms with Crippen LogP contribution in [0.5, 0.6) is 0 Å². The smallest absolute Gasteiger partial charge is 0.226 e. The van der Waals surface area contributed by atoms with Crippen molar-refractivity contribution >= 4 is 5.91 Å². The van der Waals surface area contributed by atoms with Crippen LogP contribution in [0, 0.1) is 12.3 Å². The van der Waals surface area contributed by atoms with E-state index in [1.165, 1.54) is 44.9 Å². The Morgan fingerprint density at radius 3 is 2.40 bits per heavy atom. The van der Waals surface area contributed by atoms with Gasteiger partial charge in [0.25, 0.3) is 0 Å². The summed E-state index contributed by atoms with van der Waals surface area (Å²) in [6.07, 6.45) is 12.2. The molecule has 1 aliphatic heterocycles. The zero-order chi connectivity index (χ0) is 10.5. The lowest BCUT2D eigenvalue weighted by atomic mass is 9.86. The van der Waals surface area contributed by atoms with Gasteiger partial charge in [0, 0.05) is 19.5 Å². The molecule has 0 unspecified atom stereocenters. The van der Waals surface area contributed by atoms with Gasteiger partial charge in [-0.15, -0.1) is 0 Å². The fourth-order valence-electron chi connectivity index (χ4n) is 2.76. The number of carbonyl (C=O) groups excluding carboxylic acids is 1. The number of likely N-dealkylation sites (tertiary alicyclic amines) is 1. The second kappa shape index (κ2) is 5.53. The lowest BCUT2D eigenvalue weighted by molar-refractivity contribution is -0.126. The molecule has 0 N–H and O–H groups in total. The molecule has 1 amide bonds. The van der Waals surface area contributed by atoms with Crippen molar-refractivity contribution in [1.29, 1.82) is 0 Å². The SMILES string of the molecule is O=C([CH]CC1CCCCC1)N1CCCC1. The maximum absolute atomic E-state index is 11.8. The lowest BCUT2D eigenvalue weighted by Gasteiger charge is -2.22. The first-order chi connectivity index (χ1) is 7.36. The van der Waals surface area contributed by atoms with Gasteiger partial charge >= 0.3 is 0 Å². The minimum absolute atomic E-state index is 0.290. The summed E-state index contributed by atoms with van der Waals surface area (Å²) in [5.41, 5.74) is 0. The largest absolute Gasteiger partial charge is 0.342 e. The molecule has 0 aromatic rings. The highest BCUT2D eigenvalue weighted by atomic mass is 16.2. The highest BCUT2D eigenvalue weighted by Gasteiger charge is 2.20. The molecule has 15 heavy (non-hydrogen) atoms. The van der Waals surface area contributed by atoms with E-state index in [0.717, 1.165) is 25.4 Å². The Balaban J connectivity index is 1.65. The van der Waals surface area contributed by atoms with Gasteiger partial charge in [-0.1, -0.05) is 32.1 Å². The molecule has 2 nitrogen and oxygen atoms in total. The summed E-state index contributed by atoms with van der Waals surface area (Å²) in [4.78, 5) is 13.8. The molecule has 85 valence electrons. The van der Waals surface area contributed by atoms with Crippen molar-refractivity contribution in [2.45, 2.75) is 51.4 Å². The van der Waals surface area contributed by atoms with Gasteiger partial charge in [-0.3, -0.25) is 4.79 Å². The maximum atomic E-state index is 11.8. The van der Waals surface area contributed by atoms with E-state index >= 15 is 0 Å². The molecule has 2 heteroatoms. The van der Waals surface area contributed by atoms with Crippen molar-refractivity contribution in [1.82, 2.24) is 4.90 Å². The molecule has 2 fully saturated rings. The Labute approximate surface area is 93.0 Å². The van der Waals surface area contributed by atoms with E-state index in [2.05, 4.69) is 0 Å². The third kappa shape index (κ3) is 3.22. The van der Waals surface area contributed by atoms with Crippen molar-refractivity contribution < 1.29 is 4.79 Å². The molecule has 1 radical (unpaired) electrons. The van der Waals surface area contributed by atoms with Crippen molar-refractivity contribution in [3.63, 3.8) is 0 Å². The summed E-state index contributed by atoms with van der Waals surface area (Å²) in [6.45, 7) is 1.97. The quantitative estimate of drug-likeness (QED) is 0.698. The van der Waals surface area contributed by atoms with Gasteiger partial charge in [-0.25, -0.2) is 0 Å². The van der Waals surface area contributed by atoms with Crippen LogP contribution in [0.25, 0.3) is 0 Å². The van der Waals surface area contributed by atoms with Gasteiger partial charge in [0.2, 0.25) is 5.91 Å². The van der Waals surface area contributed by atoms with Crippen molar-refractivity contribution in [3.05, 3.63) is 6.42 Å². The highest BCUT2D eigenvalue weighted by molar-refractivity contribution is 5.84. The Morgan fingerprint density at radius 1 is 1.07 bits per heavy atom. The fraction of sp³-hybridized carbons (Fsp3) is 0.846. The third-order valence-electron chi connectivity index (χ3n) is 3.77. The predicted molar refractivity (Wildman–Crippen MR) is 61.3 cm³/mol. The van der Waals surface area contributed by atoms with Gasteiger partial charge in [-0.05, 0) is 25.2 Å². The first-order valence-electron chi connectivity index (χ1n) is 6.48. The molecule has 1 saturated carbocycles. The molecule has 2 aliphatic rings. The average molecular weight is 208 g/mol. The van der Waals surface area contributed by atoms with Crippen molar-refractivity contribution in [2.75, 3.05) is 13.1 Å². The summed E-state index contributed by atoms with van der Waals surface area (Å²) >= 11 is 0. The number of amides is 1. The Bertz CT molecular complexity index is 203. The molecule has 1 saturated heterocycles. The molecule has 0 aromatic heterocycles. The Hall–Kier alpha value is -0.530. The number of carbonyl (C=O) groups is 1. The first kappa shape index (κ1) is 11.0. The van der Waals surface area contributed by atoms with Gasteiger partial charge in [0.1, 0.15) is 0 Å². The van der Waals surface area contributed by atoms with Gasteiger partial charge in [0.15, 0.2) is 0 Å². The molecule has 0 aromatic carbocycles.